The highest BCUT2D eigenvalue weighted by atomic mass is 16.1. The van der Waals surface area contributed by atoms with Gasteiger partial charge in [-0.3, -0.25) is 4.79 Å². The van der Waals surface area contributed by atoms with E-state index < -0.39 is 0 Å². The summed E-state index contributed by atoms with van der Waals surface area (Å²) in [7, 11) is 0. The van der Waals surface area contributed by atoms with E-state index in [1.807, 2.05) is 55.5 Å². The van der Waals surface area contributed by atoms with Crippen molar-refractivity contribution in [3.05, 3.63) is 65.2 Å². The highest BCUT2D eigenvalue weighted by molar-refractivity contribution is 6.04. The van der Waals surface area contributed by atoms with Crippen LogP contribution in [0.4, 0.5) is 5.69 Å². The Morgan fingerprint density at radius 3 is 2.39 bits per heavy atom. The molecule has 0 fully saturated rings. The minimum Gasteiger partial charge on any atom is -0.322 e. The van der Waals surface area contributed by atoms with E-state index in [2.05, 4.69) is 12.2 Å². The first-order valence-corrected chi connectivity index (χ1v) is 6.16. The molecule has 2 aromatic carbocycles. The van der Waals surface area contributed by atoms with Crippen molar-refractivity contribution in [1.29, 1.82) is 0 Å². The molecule has 0 bridgehead atoms. The molecule has 2 aromatic rings. The number of carbonyl (C=O) groups is 1. The van der Waals surface area contributed by atoms with Crippen LogP contribution in [0.15, 0.2) is 48.5 Å². The van der Waals surface area contributed by atoms with Crippen LogP contribution in [-0.2, 0) is 6.42 Å². The lowest BCUT2D eigenvalue weighted by atomic mass is 10.1. The Bertz CT molecular complexity index is 549. The van der Waals surface area contributed by atoms with Crippen molar-refractivity contribution in [3.8, 4) is 0 Å². The van der Waals surface area contributed by atoms with E-state index in [-0.39, 0.29) is 7.33 Å². The number of hydrogen-bond acceptors (Lipinski definition) is 1. The summed E-state index contributed by atoms with van der Waals surface area (Å²) in [6.45, 7) is 4.08. The van der Waals surface area contributed by atoms with Crippen LogP contribution < -0.4 is 5.32 Å². The number of para-hydroxylation sites is 1. The van der Waals surface area contributed by atoms with Crippen LogP contribution in [0.2, 0.25) is 0 Å². The van der Waals surface area contributed by atoms with Gasteiger partial charge in [0.25, 0.3) is 5.91 Å². The monoisotopic (exact) mass is 241 g/mol. The lowest BCUT2D eigenvalue weighted by molar-refractivity contribution is 0.102. The molecule has 0 spiro atoms. The molecule has 2 heteroatoms. The molecular weight excluding hydrogens is 222 g/mol. The minimum absolute atomic E-state index is 0. The van der Waals surface area contributed by atoms with E-state index in [4.69, 9.17) is 0 Å². The maximum Gasteiger partial charge on any atom is 0.255 e. The standard InChI is InChI=1S/C16H17NO.H2/c1-3-13-8-10-14(11-9-13)16(18)17-15-7-5-4-6-12(15)2;/h4-11H,3H2,1-2H3,(H,17,18);1H. The van der Waals surface area contributed by atoms with Crippen molar-refractivity contribution in [3.63, 3.8) is 0 Å². The van der Waals surface area contributed by atoms with Crippen LogP contribution >= 0.6 is 0 Å². The zero-order chi connectivity index (χ0) is 13.0. The molecule has 18 heavy (non-hydrogen) atoms. The van der Waals surface area contributed by atoms with Gasteiger partial charge in [-0.15, -0.1) is 0 Å². The summed E-state index contributed by atoms with van der Waals surface area (Å²) in [5.41, 5.74) is 3.86. The lowest BCUT2D eigenvalue weighted by Crippen LogP contribution is -2.12. The maximum atomic E-state index is 12.1. The Hall–Kier alpha value is -2.09. The molecule has 0 saturated carbocycles. The van der Waals surface area contributed by atoms with Crippen LogP contribution in [0.5, 0.6) is 0 Å². The van der Waals surface area contributed by atoms with Crippen molar-refractivity contribution in [2.45, 2.75) is 20.3 Å². The van der Waals surface area contributed by atoms with Crippen molar-refractivity contribution >= 4 is 11.6 Å². The molecule has 1 N–H and O–H groups in total. The first kappa shape index (κ1) is 12.4. The number of rotatable bonds is 3. The van der Waals surface area contributed by atoms with E-state index in [0.717, 1.165) is 17.7 Å². The summed E-state index contributed by atoms with van der Waals surface area (Å²) < 4.78 is 0. The van der Waals surface area contributed by atoms with Gasteiger partial charge in [0, 0.05) is 12.7 Å². The molecule has 0 aromatic heterocycles. The van der Waals surface area contributed by atoms with E-state index >= 15 is 0 Å². The van der Waals surface area contributed by atoms with Crippen molar-refractivity contribution in [1.82, 2.24) is 0 Å². The van der Waals surface area contributed by atoms with Crippen molar-refractivity contribution < 1.29 is 6.22 Å². The zero-order valence-electron chi connectivity index (χ0n) is 10.7. The fourth-order valence-electron chi connectivity index (χ4n) is 1.80. The van der Waals surface area contributed by atoms with Crippen LogP contribution in [0.1, 0.15) is 29.8 Å². The fourth-order valence-corrected chi connectivity index (χ4v) is 1.80. The van der Waals surface area contributed by atoms with Gasteiger partial charge < -0.3 is 5.32 Å². The van der Waals surface area contributed by atoms with Gasteiger partial charge in [-0.25, -0.2) is 0 Å². The summed E-state index contributed by atoms with van der Waals surface area (Å²) in [6, 6.07) is 15.5. The normalized spacial score (nSPS) is 10.1. The van der Waals surface area contributed by atoms with Crippen LogP contribution in [-0.4, -0.2) is 5.91 Å². The maximum absolute atomic E-state index is 12.1. The summed E-state index contributed by atoms with van der Waals surface area (Å²) in [5.74, 6) is -0.0630. The summed E-state index contributed by atoms with van der Waals surface area (Å²) in [6.07, 6.45) is 0.986. The molecule has 0 unspecified atom stereocenters. The molecule has 2 rings (SSSR count). The highest BCUT2D eigenvalue weighted by Crippen LogP contribution is 2.15. The number of aryl methyl sites for hydroxylation is 2. The number of nitrogens with one attached hydrogen (secondary N) is 1. The topological polar surface area (TPSA) is 29.1 Å². The summed E-state index contributed by atoms with van der Waals surface area (Å²) in [4.78, 5) is 12.1. The van der Waals surface area contributed by atoms with E-state index in [1.54, 1.807) is 0 Å². The van der Waals surface area contributed by atoms with Gasteiger partial charge in [0.15, 0.2) is 0 Å². The summed E-state index contributed by atoms with van der Waals surface area (Å²) in [5, 5.41) is 2.93. The zero-order valence-corrected chi connectivity index (χ0v) is 10.7. The van der Waals surface area contributed by atoms with Crippen molar-refractivity contribution in [2.24, 2.45) is 0 Å². The number of hydrogen-bond donors (Lipinski definition) is 1. The third-order valence-corrected chi connectivity index (χ3v) is 3.02. The Kier molecular flexibility index (Phi) is 3.78. The molecular formula is C16H19NO. The van der Waals surface area contributed by atoms with Gasteiger partial charge in [0.2, 0.25) is 0 Å². The number of amides is 1. The number of anilines is 1. The summed E-state index contributed by atoms with van der Waals surface area (Å²) >= 11 is 0. The minimum atomic E-state index is -0.0630. The fraction of sp³-hybridized carbons (Fsp3) is 0.188. The third-order valence-electron chi connectivity index (χ3n) is 3.02. The number of benzene rings is 2. The molecule has 1 amide bonds. The van der Waals surface area contributed by atoms with Crippen LogP contribution in [0, 0.1) is 6.92 Å². The molecule has 0 aliphatic rings. The Morgan fingerprint density at radius 2 is 1.78 bits per heavy atom. The molecule has 0 atom stereocenters. The Morgan fingerprint density at radius 1 is 1.11 bits per heavy atom. The largest absolute Gasteiger partial charge is 0.322 e. The molecule has 0 radical (unpaired) electrons. The first-order chi connectivity index (χ1) is 8.70. The molecule has 2 nitrogen and oxygen atoms in total. The first-order valence-electron chi connectivity index (χ1n) is 6.16. The molecule has 0 heterocycles. The Labute approximate surface area is 109 Å². The molecule has 0 aliphatic heterocycles. The lowest BCUT2D eigenvalue weighted by Gasteiger charge is -2.08. The quantitative estimate of drug-likeness (QED) is 0.862. The van der Waals surface area contributed by atoms with Gasteiger partial charge in [-0.2, -0.15) is 0 Å². The molecule has 94 valence electrons. The van der Waals surface area contributed by atoms with Gasteiger partial charge in [0.1, 0.15) is 0 Å². The van der Waals surface area contributed by atoms with Crippen molar-refractivity contribution in [2.75, 3.05) is 5.32 Å². The van der Waals surface area contributed by atoms with E-state index in [9.17, 15) is 4.79 Å². The SMILES string of the molecule is CCc1ccc(C(=O)Nc2ccccc2C)cc1.[HH]. The second kappa shape index (κ2) is 5.50. The smallest absolute Gasteiger partial charge is 0.255 e. The van der Waals surface area contributed by atoms with Crippen LogP contribution in [0.25, 0.3) is 0 Å². The predicted octanol–water partition coefficient (Wildman–Crippen LogP) is 4.06. The predicted molar refractivity (Wildman–Crippen MR) is 77.1 cm³/mol. The molecule has 0 saturated heterocycles. The number of carbonyl (C=O) groups excluding carboxylic acids is 1. The van der Waals surface area contributed by atoms with Gasteiger partial charge in [0.05, 0.1) is 0 Å². The van der Waals surface area contributed by atoms with Crippen LogP contribution in [0.3, 0.4) is 0 Å². The highest BCUT2D eigenvalue weighted by Gasteiger charge is 2.06. The molecule has 0 aliphatic carbocycles. The van der Waals surface area contributed by atoms with Gasteiger partial charge in [-0.1, -0.05) is 37.3 Å². The average molecular weight is 241 g/mol. The van der Waals surface area contributed by atoms with Gasteiger partial charge >= 0.3 is 0 Å². The van der Waals surface area contributed by atoms with Gasteiger partial charge in [-0.05, 0) is 42.7 Å². The van der Waals surface area contributed by atoms with E-state index in [1.165, 1.54) is 5.56 Å². The second-order valence-corrected chi connectivity index (χ2v) is 4.32. The average Bonchev–Trinajstić information content (AvgIpc) is 2.41. The second-order valence-electron chi connectivity index (χ2n) is 4.32. The third kappa shape index (κ3) is 2.77. The Balaban J connectivity index is 0.00000180. The van der Waals surface area contributed by atoms with E-state index in [0.29, 0.717) is 5.56 Å².